The first-order valence-corrected chi connectivity index (χ1v) is 19.2. The van der Waals surface area contributed by atoms with Gasteiger partial charge in [0.2, 0.25) is 17.8 Å². The number of H-pyrrole nitrogens is 1. The van der Waals surface area contributed by atoms with E-state index >= 15 is 0 Å². The topological polar surface area (TPSA) is 114 Å². The first-order valence-electron chi connectivity index (χ1n) is 19.2. The number of amides is 2. The van der Waals surface area contributed by atoms with Gasteiger partial charge in [0, 0.05) is 80.2 Å². The number of halogens is 3. The lowest BCUT2D eigenvalue weighted by atomic mass is 9.72. The molecule has 55 heavy (non-hydrogen) atoms. The van der Waals surface area contributed by atoms with Gasteiger partial charge in [-0.2, -0.15) is 23.3 Å². The molecule has 1 N–H and O–H groups in total. The number of piperidine rings is 1. The SMILES string of the molecule is C=CC(=O)N1CC2(CCN(c3nc(N4CC(C(=O)N5CC(N(C)C)C5)C4)nc4c(OCC(F)(F)F)c(-c5c(C)ccc6[nH]ncc56)c(C5CC5)cc34)CC2)C1. The number of likely N-dealkylation sites (N-methyl/N-ethyl adjacent to an activating group) is 1. The lowest BCUT2D eigenvalue weighted by Crippen LogP contribution is -2.64. The highest BCUT2D eigenvalue weighted by Crippen LogP contribution is 2.53. The normalized spacial score (nSPS) is 20.3. The van der Waals surface area contributed by atoms with Crippen LogP contribution in [0.3, 0.4) is 0 Å². The van der Waals surface area contributed by atoms with E-state index in [2.05, 4.69) is 32.6 Å². The number of anilines is 2. The average Bonchev–Trinajstić information content (AvgIpc) is 3.83. The number of nitrogens with zero attached hydrogens (tertiary/aromatic N) is 8. The molecule has 2 aromatic carbocycles. The zero-order chi connectivity index (χ0) is 38.4. The molecule has 4 aliphatic heterocycles. The van der Waals surface area contributed by atoms with E-state index in [1.165, 1.54) is 6.08 Å². The number of hydrogen-bond donors (Lipinski definition) is 1. The number of hydrogen-bond acceptors (Lipinski definition) is 9. The summed E-state index contributed by atoms with van der Waals surface area (Å²) in [4.78, 5) is 45.9. The standard InChI is InChI=1S/C40H46F3N9O3/c1-5-31(53)52-20-39(21-52)10-12-49(13-11-39)36-28-14-27(24-7-8-24)33(32-23(2)6-9-30-29(32)15-44-47-30)35(55-22-40(41,42)43)34(28)45-38(46-36)51-16-25(17-51)37(54)50-18-26(19-50)48(3)4/h5-6,9,14-15,24-26H,1,7-8,10-13,16-22H2,2-4H3,(H,44,47). The minimum atomic E-state index is -4.59. The van der Waals surface area contributed by atoms with E-state index in [1.807, 2.05) is 47.9 Å². The van der Waals surface area contributed by atoms with Crippen LogP contribution in [-0.2, 0) is 9.59 Å². The second kappa shape index (κ2) is 13.1. The van der Waals surface area contributed by atoms with Crippen molar-refractivity contribution in [3.63, 3.8) is 0 Å². The van der Waals surface area contributed by atoms with E-state index < -0.39 is 12.8 Å². The molecule has 0 atom stereocenters. The van der Waals surface area contributed by atoms with Gasteiger partial charge in [0.15, 0.2) is 12.4 Å². The number of likely N-dealkylation sites (tertiary alicyclic amines) is 2. The van der Waals surface area contributed by atoms with E-state index in [9.17, 15) is 22.8 Å². The molecule has 0 unspecified atom stereocenters. The van der Waals surface area contributed by atoms with Gasteiger partial charge in [-0.1, -0.05) is 12.6 Å². The Balaban J connectivity index is 1.15. The summed E-state index contributed by atoms with van der Waals surface area (Å²) in [6.45, 7) is 9.04. The van der Waals surface area contributed by atoms with Crippen LogP contribution in [0.5, 0.6) is 5.75 Å². The molecule has 290 valence electrons. The van der Waals surface area contributed by atoms with Crippen LogP contribution in [0.4, 0.5) is 24.9 Å². The van der Waals surface area contributed by atoms with E-state index in [4.69, 9.17) is 14.7 Å². The van der Waals surface area contributed by atoms with Crippen molar-refractivity contribution >= 4 is 45.4 Å². The van der Waals surface area contributed by atoms with Crippen molar-refractivity contribution in [1.29, 1.82) is 0 Å². The summed E-state index contributed by atoms with van der Waals surface area (Å²) in [5, 5.41) is 8.75. The van der Waals surface area contributed by atoms with Crippen LogP contribution in [0, 0.1) is 18.3 Å². The fraction of sp³-hybridized carbons (Fsp3) is 0.525. The maximum absolute atomic E-state index is 14.1. The number of alkyl halides is 3. The minimum absolute atomic E-state index is 0.0163. The van der Waals surface area contributed by atoms with Gasteiger partial charge < -0.3 is 29.2 Å². The Morgan fingerprint density at radius 3 is 2.40 bits per heavy atom. The van der Waals surface area contributed by atoms with Gasteiger partial charge >= 0.3 is 6.18 Å². The Morgan fingerprint density at radius 2 is 1.75 bits per heavy atom. The molecule has 2 amide bonds. The highest BCUT2D eigenvalue weighted by atomic mass is 19.4. The minimum Gasteiger partial charge on any atom is -0.481 e. The van der Waals surface area contributed by atoms with Crippen molar-refractivity contribution in [3.05, 3.63) is 48.2 Å². The lowest BCUT2D eigenvalue weighted by molar-refractivity contribution is -0.153. The molecule has 6 heterocycles. The van der Waals surface area contributed by atoms with E-state index in [0.717, 1.165) is 53.3 Å². The highest BCUT2D eigenvalue weighted by molar-refractivity contribution is 6.06. The van der Waals surface area contributed by atoms with Gasteiger partial charge in [-0.3, -0.25) is 14.7 Å². The summed E-state index contributed by atoms with van der Waals surface area (Å²) in [6, 6.07) is 6.31. The molecular weight excluding hydrogens is 711 g/mol. The number of ether oxygens (including phenoxy) is 1. The number of nitrogens with one attached hydrogen (secondary N) is 1. The number of carbonyl (C=O) groups is 2. The number of aromatic amines is 1. The number of carbonyl (C=O) groups excluding carboxylic acids is 2. The Kier molecular flexibility index (Phi) is 8.51. The number of fused-ring (bicyclic) bond motifs is 2. The second-order valence-corrected chi connectivity index (χ2v) is 16.5. The molecular formula is C40H46F3N9O3. The highest BCUT2D eigenvalue weighted by Gasteiger charge is 2.47. The quantitative estimate of drug-likeness (QED) is 0.233. The van der Waals surface area contributed by atoms with Crippen molar-refractivity contribution in [2.45, 2.75) is 50.7 Å². The monoisotopic (exact) mass is 757 g/mol. The molecule has 0 bridgehead atoms. The summed E-state index contributed by atoms with van der Waals surface area (Å²) in [7, 11) is 4.03. The fourth-order valence-corrected chi connectivity index (χ4v) is 8.91. The molecule has 1 spiro atoms. The zero-order valence-electron chi connectivity index (χ0n) is 31.5. The summed E-state index contributed by atoms with van der Waals surface area (Å²) < 4.78 is 48.3. The molecule has 12 nitrogen and oxygen atoms in total. The Bertz CT molecular complexity index is 2190. The largest absolute Gasteiger partial charge is 0.481 e. The molecule has 5 aliphatic rings. The smallest absolute Gasteiger partial charge is 0.422 e. The third kappa shape index (κ3) is 6.33. The van der Waals surface area contributed by atoms with Crippen LogP contribution in [0.25, 0.3) is 32.9 Å². The summed E-state index contributed by atoms with van der Waals surface area (Å²) >= 11 is 0. The van der Waals surface area contributed by atoms with Gasteiger partial charge in [0.05, 0.1) is 17.6 Å². The molecule has 1 saturated carbocycles. The van der Waals surface area contributed by atoms with Gasteiger partial charge in [-0.15, -0.1) is 0 Å². The molecule has 5 fully saturated rings. The predicted octanol–water partition coefficient (Wildman–Crippen LogP) is 5.12. The predicted molar refractivity (Wildman–Crippen MR) is 203 cm³/mol. The van der Waals surface area contributed by atoms with E-state index in [1.54, 1.807) is 6.20 Å². The first kappa shape index (κ1) is 35.8. The molecule has 4 aromatic rings. The van der Waals surface area contributed by atoms with E-state index in [0.29, 0.717) is 86.6 Å². The Morgan fingerprint density at radius 1 is 1.02 bits per heavy atom. The second-order valence-electron chi connectivity index (χ2n) is 16.5. The van der Waals surface area contributed by atoms with Crippen molar-refractivity contribution < 1.29 is 27.5 Å². The van der Waals surface area contributed by atoms with Gasteiger partial charge in [-0.05, 0) is 87.5 Å². The van der Waals surface area contributed by atoms with Gasteiger partial charge in [-0.25, -0.2) is 4.98 Å². The molecule has 1 aliphatic carbocycles. The fourth-order valence-electron chi connectivity index (χ4n) is 8.91. The van der Waals surface area contributed by atoms with Crippen molar-refractivity contribution in [2.75, 3.05) is 82.9 Å². The van der Waals surface area contributed by atoms with Crippen molar-refractivity contribution in [3.8, 4) is 16.9 Å². The van der Waals surface area contributed by atoms with Crippen LogP contribution in [0.15, 0.2) is 37.1 Å². The summed E-state index contributed by atoms with van der Waals surface area (Å²) in [5.41, 5.74) is 4.31. The molecule has 2 aromatic heterocycles. The number of aryl methyl sites for hydroxylation is 1. The lowest BCUT2D eigenvalue weighted by Gasteiger charge is -2.54. The molecule has 15 heteroatoms. The molecule has 9 rings (SSSR count). The third-order valence-electron chi connectivity index (χ3n) is 12.5. The summed E-state index contributed by atoms with van der Waals surface area (Å²) in [6.07, 6.45) is 1.98. The number of rotatable bonds is 9. The Labute approximate surface area is 317 Å². The maximum atomic E-state index is 14.1. The Hall–Kier alpha value is -4.92. The number of aromatic nitrogens is 4. The van der Waals surface area contributed by atoms with E-state index in [-0.39, 0.29) is 34.8 Å². The van der Waals surface area contributed by atoms with Crippen molar-refractivity contribution in [2.24, 2.45) is 11.3 Å². The zero-order valence-corrected chi connectivity index (χ0v) is 31.5. The van der Waals surface area contributed by atoms with Crippen LogP contribution in [0.2, 0.25) is 0 Å². The van der Waals surface area contributed by atoms with Crippen LogP contribution < -0.4 is 14.5 Å². The van der Waals surface area contributed by atoms with Crippen LogP contribution in [0.1, 0.15) is 42.7 Å². The third-order valence-corrected chi connectivity index (χ3v) is 12.5. The van der Waals surface area contributed by atoms with Crippen LogP contribution >= 0.6 is 0 Å². The van der Waals surface area contributed by atoms with Gasteiger partial charge in [0.25, 0.3) is 0 Å². The number of benzene rings is 2. The average molecular weight is 758 g/mol. The van der Waals surface area contributed by atoms with Crippen molar-refractivity contribution in [1.82, 2.24) is 34.9 Å². The first-order chi connectivity index (χ1) is 26.3. The molecule has 4 saturated heterocycles. The van der Waals surface area contributed by atoms with Gasteiger partial charge in [0.1, 0.15) is 11.3 Å². The summed E-state index contributed by atoms with van der Waals surface area (Å²) in [5.74, 6) is 1.09. The van der Waals surface area contributed by atoms with Crippen LogP contribution in [-0.4, -0.2) is 132 Å². The maximum Gasteiger partial charge on any atom is 0.422 e. The molecule has 0 radical (unpaired) electrons.